The van der Waals surface area contributed by atoms with Crippen molar-refractivity contribution in [2.45, 2.75) is 32.7 Å². The summed E-state index contributed by atoms with van der Waals surface area (Å²) in [4.78, 5) is 14.8. The molecule has 1 aliphatic heterocycles. The molecule has 1 saturated heterocycles. The lowest BCUT2D eigenvalue weighted by atomic mass is 10.0. The topological polar surface area (TPSA) is 74.8 Å². The first-order valence-corrected chi connectivity index (χ1v) is 11.0. The molecule has 0 saturated carbocycles. The number of nitrogens with one attached hydrogen (secondary N) is 2. The highest BCUT2D eigenvalue weighted by molar-refractivity contribution is 5.79. The fraction of sp³-hybridized carbons (Fsp3) is 0.565. The zero-order valence-electron chi connectivity index (χ0n) is 18.3. The van der Waals surface area contributed by atoms with Crippen LogP contribution >= 0.6 is 0 Å². The first-order chi connectivity index (χ1) is 14.8. The Kier molecular flexibility index (Phi) is 9.18. The number of aliphatic imine (C=N–C) groups is 1. The summed E-state index contributed by atoms with van der Waals surface area (Å²) < 4.78 is 11.2. The van der Waals surface area contributed by atoms with Gasteiger partial charge in [0.25, 0.3) is 0 Å². The molecule has 0 amide bonds. The van der Waals surface area contributed by atoms with Gasteiger partial charge in [-0.05, 0) is 37.7 Å². The van der Waals surface area contributed by atoms with E-state index in [0.717, 1.165) is 81.8 Å². The maximum atomic E-state index is 5.84. The molecule has 1 aliphatic rings. The van der Waals surface area contributed by atoms with E-state index in [1.165, 1.54) is 0 Å². The molecule has 0 unspecified atom stereocenters. The third-order valence-corrected chi connectivity index (χ3v) is 5.20. The van der Waals surface area contributed by atoms with Gasteiger partial charge >= 0.3 is 0 Å². The summed E-state index contributed by atoms with van der Waals surface area (Å²) in [6, 6.07) is 10.2. The van der Waals surface area contributed by atoms with E-state index < -0.39 is 0 Å². The molecule has 7 heteroatoms. The molecular weight excluding hydrogens is 378 g/mol. The van der Waals surface area contributed by atoms with Crippen molar-refractivity contribution < 1.29 is 9.47 Å². The van der Waals surface area contributed by atoms with E-state index in [4.69, 9.17) is 14.5 Å². The van der Waals surface area contributed by atoms with Crippen LogP contribution in [0.2, 0.25) is 0 Å². The smallest absolute Gasteiger partial charge is 0.194 e. The summed E-state index contributed by atoms with van der Waals surface area (Å²) in [5, 5.41) is 3.36. The lowest BCUT2D eigenvalue weighted by Gasteiger charge is -2.22. The molecule has 0 bridgehead atoms. The minimum absolute atomic E-state index is 0.653. The predicted octanol–water partition coefficient (Wildman–Crippen LogP) is 3.31. The van der Waals surface area contributed by atoms with Gasteiger partial charge < -0.3 is 24.7 Å². The lowest BCUT2D eigenvalue weighted by Crippen LogP contribution is -2.38. The molecule has 2 heterocycles. The Morgan fingerprint density at radius 3 is 2.87 bits per heavy atom. The van der Waals surface area contributed by atoms with Crippen LogP contribution < -0.4 is 5.32 Å². The predicted molar refractivity (Wildman–Crippen MR) is 120 cm³/mol. The first-order valence-electron chi connectivity index (χ1n) is 11.0. The van der Waals surface area contributed by atoms with Crippen LogP contribution in [0.4, 0.5) is 0 Å². The number of imidazole rings is 1. The van der Waals surface area contributed by atoms with Crippen LogP contribution in [-0.4, -0.2) is 67.4 Å². The van der Waals surface area contributed by atoms with Gasteiger partial charge in [0.15, 0.2) is 5.96 Å². The van der Waals surface area contributed by atoms with Crippen LogP contribution in [0.15, 0.2) is 41.5 Å². The van der Waals surface area contributed by atoms with Crippen LogP contribution in [-0.2, 0) is 16.0 Å². The second-order valence-corrected chi connectivity index (χ2v) is 7.69. The molecule has 0 atom stereocenters. The average Bonchev–Trinajstić information content (AvgIpc) is 3.25. The van der Waals surface area contributed by atoms with Gasteiger partial charge in [0.1, 0.15) is 5.82 Å². The molecule has 3 rings (SSSR count). The molecule has 0 aliphatic carbocycles. The third-order valence-electron chi connectivity index (χ3n) is 5.20. The quantitative estimate of drug-likeness (QED) is 0.355. The largest absolute Gasteiger partial charge is 0.381 e. The van der Waals surface area contributed by atoms with Crippen molar-refractivity contribution in [1.29, 1.82) is 0 Å². The zero-order valence-corrected chi connectivity index (χ0v) is 18.3. The zero-order chi connectivity index (χ0) is 21.0. The monoisotopic (exact) mass is 413 g/mol. The second kappa shape index (κ2) is 12.3. The van der Waals surface area contributed by atoms with Crippen LogP contribution in [0.3, 0.4) is 0 Å². The fourth-order valence-corrected chi connectivity index (χ4v) is 3.49. The van der Waals surface area contributed by atoms with Crippen LogP contribution in [0.1, 0.15) is 32.0 Å². The van der Waals surface area contributed by atoms with E-state index in [0.29, 0.717) is 12.5 Å². The molecule has 0 radical (unpaired) electrons. The SMILES string of the molecule is CCNC(=NCCCOCC1CCOCC1)N(C)Cc1ncc(-c2ccccc2)[nH]1. The number of aromatic nitrogens is 2. The summed E-state index contributed by atoms with van der Waals surface area (Å²) in [6.07, 6.45) is 5.04. The molecule has 1 aromatic heterocycles. The number of guanidine groups is 1. The molecule has 164 valence electrons. The minimum Gasteiger partial charge on any atom is -0.381 e. The Morgan fingerprint density at radius 2 is 2.10 bits per heavy atom. The van der Waals surface area contributed by atoms with Gasteiger partial charge in [-0.3, -0.25) is 4.99 Å². The molecule has 1 fully saturated rings. The van der Waals surface area contributed by atoms with Crippen molar-refractivity contribution in [2.75, 3.05) is 46.6 Å². The molecule has 2 aromatic rings. The summed E-state index contributed by atoms with van der Waals surface area (Å²) in [7, 11) is 2.04. The molecule has 30 heavy (non-hydrogen) atoms. The van der Waals surface area contributed by atoms with Crippen LogP contribution in [0, 0.1) is 5.92 Å². The van der Waals surface area contributed by atoms with Gasteiger partial charge in [-0.25, -0.2) is 4.98 Å². The summed E-state index contributed by atoms with van der Waals surface area (Å²) in [6.45, 7) is 7.67. The maximum Gasteiger partial charge on any atom is 0.194 e. The first kappa shape index (κ1) is 22.3. The second-order valence-electron chi connectivity index (χ2n) is 7.69. The Balaban J connectivity index is 1.43. The summed E-state index contributed by atoms with van der Waals surface area (Å²) >= 11 is 0. The molecular formula is C23H35N5O2. The number of benzene rings is 1. The Bertz CT molecular complexity index is 756. The Hall–Kier alpha value is -2.38. The number of aromatic amines is 1. The fourth-order valence-electron chi connectivity index (χ4n) is 3.49. The van der Waals surface area contributed by atoms with Gasteiger partial charge in [-0.2, -0.15) is 0 Å². The van der Waals surface area contributed by atoms with Crippen molar-refractivity contribution >= 4 is 5.96 Å². The van der Waals surface area contributed by atoms with Gasteiger partial charge in [-0.1, -0.05) is 30.3 Å². The molecule has 2 N–H and O–H groups in total. The van der Waals surface area contributed by atoms with Gasteiger partial charge in [0.2, 0.25) is 0 Å². The summed E-state index contributed by atoms with van der Waals surface area (Å²) in [5.74, 6) is 2.46. The lowest BCUT2D eigenvalue weighted by molar-refractivity contribution is 0.0205. The highest BCUT2D eigenvalue weighted by Crippen LogP contribution is 2.17. The number of hydrogen-bond donors (Lipinski definition) is 2. The van der Waals surface area contributed by atoms with Crippen molar-refractivity contribution in [3.63, 3.8) is 0 Å². The van der Waals surface area contributed by atoms with Gasteiger partial charge in [0, 0.05) is 46.6 Å². The Morgan fingerprint density at radius 1 is 1.30 bits per heavy atom. The van der Waals surface area contributed by atoms with Gasteiger partial charge in [0.05, 0.1) is 18.4 Å². The van der Waals surface area contributed by atoms with E-state index in [9.17, 15) is 0 Å². The third kappa shape index (κ3) is 7.15. The van der Waals surface area contributed by atoms with E-state index >= 15 is 0 Å². The number of H-pyrrole nitrogens is 1. The number of hydrogen-bond acceptors (Lipinski definition) is 4. The number of nitrogens with zero attached hydrogens (tertiary/aromatic N) is 3. The normalized spacial score (nSPS) is 15.3. The maximum absolute atomic E-state index is 5.84. The molecule has 7 nitrogen and oxygen atoms in total. The number of rotatable bonds is 10. The highest BCUT2D eigenvalue weighted by Gasteiger charge is 2.13. The standard InChI is InChI=1S/C23H35N5O2/c1-3-24-23(25-12-7-13-30-18-19-10-14-29-15-11-19)28(2)17-22-26-16-21(27-22)20-8-5-4-6-9-20/h4-6,8-9,16,19H,3,7,10-15,17-18H2,1-2H3,(H,24,25)(H,26,27). The Labute approximate surface area is 179 Å². The minimum atomic E-state index is 0.653. The van der Waals surface area contributed by atoms with E-state index in [1.54, 1.807) is 0 Å². The van der Waals surface area contributed by atoms with Crippen LogP contribution in [0.5, 0.6) is 0 Å². The van der Waals surface area contributed by atoms with Gasteiger partial charge in [-0.15, -0.1) is 0 Å². The van der Waals surface area contributed by atoms with E-state index in [1.807, 2.05) is 31.4 Å². The van der Waals surface area contributed by atoms with Crippen molar-refractivity contribution in [1.82, 2.24) is 20.2 Å². The van der Waals surface area contributed by atoms with Crippen molar-refractivity contribution in [3.8, 4) is 11.3 Å². The van der Waals surface area contributed by atoms with Crippen molar-refractivity contribution in [3.05, 3.63) is 42.4 Å². The van der Waals surface area contributed by atoms with E-state index in [-0.39, 0.29) is 0 Å². The van der Waals surface area contributed by atoms with E-state index in [2.05, 4.69) is 39.2 Å². The molecule has 1 aromatic carbocycles. The number of ether oxygens (including phenoxy) is 2. The van der Waals surface area contributed by atoms with Crippen molar-refractivity contribution in [2.24, 2.45) is 10.9 Å². The highest BCUT2D eigenvalue weighted by atomic mass is 16.5. The summed E-state index contributed by atoms with van der Waals surface area (Å²) in [5.41, 5.74) is 2.17. The van der Waals surface area contributed by atoms with Crippen LogP contribution in [0.25, 0.3) is 11.3 Å². The molecule has 0 spiro atoms. The average molecular weight is 414 g/mol.